The quantitative estimate of drug-likeness (QED) is 0.428. The molecule has 0 aliphatic rings. The molecule has 25 heavy (non-hydrogen) atoms. The smallest absolute Gasteiger partial charge is 0.411 e. The van der Waals surface area contributed by atoms with Crippen molar-refractivity contribution in [3.8, 4) is 0 Å². The van der Waals surface area contributed by atoms with Crippen molar-refractivity contribution in [2.45, 2.75) is 20.0 Å². The molecule has 2 amide bonds. The van der Waals surface area contributed by atoms with Gasteiger partial charge in [0.05, 0.1) is 13.2 Å². The van der Waals surface area contributed by atoms with Crippen LogP contribution in [0.2, 0.25) is 0 Å². The van der Waals surface area contributed by atoms with Crippen LogP contribution in [0.15, 0.2) is 24.6 Å². The normalized spacial score (nSPS) is 14.0. The summed E-state index contributed by atoms with van der Waals surface area (Å²) < 4.78 is 15.0. The fourth-order valence-electron chi connectivity index (χ4n) is 1.32. The lowest BCUT2D eigenvalue weighted by molar-refractivity contribution is -0.00393. The van der Waals surface area contributed by atoms with Crippen molar-refractivity contribution in [1.82, 2.24) is 10.6 Å². The molecule has 0 aromatic heterocycles. The van der Waals surface area contributed by atoms with E-state index in [1.165, 1.54) is 7.11 Å². The third kappa shape index (κ3) is 9.70. The first kappa shape index (κ1) is 22.9. The number of alkyl carbamates (subject to hydrolysis) is 2. The maximum atomic E-state index is 11.6. The van der Waals surface area contributed by atoms with Gasteiger partial charge in [0.15, 0.2) is 0 Å². The first-order valence-electron chi connectivity index (χ1n) is 7.74. The highest BCUT2D eigenvalue weighted by molar-refractivity contribution is 5.70. The molecule has 0 saturated heterocycles. The van der Waals surface area contributed by atoms with E-state index < -0.39 is 18.3 Å². The van der Waals surface area contributed by atoms with Crippen molar-refractivity contribution in [1.29, 1.82) is 0 Å². The van der Waals surface area contributed by atoms with Gasteiger partial charge in [0.1, 0.15) is 19.3 Å². The molecule has 0 aliphatic heterocycles. The zero-order chi connectivity index (χ0) is 19.4. The molecule has 0 aromatic rings. The van der Waals surface area contributed by atoms with E-state index in [-0.39, 0.29) is 38.3 Å². The lowest BCUT2D eigenvalue weighted by atomic mass is 10.1. The number of amides is 2. The fraction of sp³-hybridized carbons (Fsp3) is 0.625. The van der Waals surface area contributed by atoms with Crippen molar-refractivity contribution in [3.05, 3.63) is 24.6 Å². The second-order valence-corrected chi connectivity index (χ2v) is 5.52. The van der Waals surface area contributed by atoms with E-state index in [0.717, 1.165) is 0 Å². The van der Waals surface area contributed by atoms with Crippen LogP contribution < -0.4 is 10.6 Å². The lowest BCUT2D eigenvalue weighted by Crippen LogP contribution is -2.34. The average molecular weight is 360 g/mol. The summed E-state index contributed by atoms with van der Waals surface area (Å²) in [5.74, 6) is -0.598. The van der Waals surface area contributed by atoms with Crippen LogP contribution in [0, 0.1) is 11.8 Å². The molecular weight excluding hydrogens is 332 g/mol. The Morgan fingerprint density at radius 1 is 0.920 bits per heavy atom. The molecular formula is C16H28N2O7. The van der Waals surface area contributed by atoms with Crippen molar-refractivity contribution < 1.29 is 34.0 Å². The molecule has 2 atom stereocenters. The van der Waals surface area contributed by atoms with Crippen molar-refractivity contribution in [3.63, 3.8) is 0 Å². The number of aliphatic hydroxyl groups excluding tert-OH is 2. The maximum absolute atomic E-state index is 11.6. The Hall–Kier alpha value is -2.10. The van der Waals surface area contributed by atoms with Crippen LogP contribution in [0.4, 0.5) is 9.59 Å². The van der Waals surface area contributed by atoms with E-state index in [1.54, 1.807) is 13.8 Å². The summed E-state index contributed by atoms with van der Waals surface area (Å²) in [5.41, 5.74) is 0.655. The zero-order valence-corrected chi connectivity index (χ0v) is 14.9. The zero-order valence-electron chi connectivity index (χ0n) is 14.9. The summed E-state index contributed by atoms with van der Waals surface area (Å²) in [7, 11) is 1.38. The molecule has 2 unspecified atom stereocenters. The van der Waals surface area contributed by atoms with Gasteiger partial charge in [-0.2, -0.15) is 0 Å². The largest absolute Gasteiger partial charge is 0.446 e. The molecule has 0 heterocycles. The molecule has 0 aliphatic carbocycles. The Labute approximate surface area is 147 Å². The summed E-state index contributed by atoms with van der Waals surface area (Å²) in [6, 6.07) is 0. The predicted molar refractivity (Wildman–Crippen MR) is 90.5 cm³/mol. The monoisotopic (exact) mass is 360 g/mol. The van der Waals surface area contributed by atoms with Crippen molar-refractivity contribution in [2.75, 3.05) is 33.5 Å². The van der Waals surface area contributed by atoms with E-state index >= 15 is 0 Å². The van der Waals surface area contributed by atoms with E-state index in [4.69, 9.17) is 24.4 Å². The SMILES string of the molecule is C=C(NC(=O)OCC(COC(=O)NC(=C)C(C)CO)OC)C(C)CO. The Morgan fingerprint density at radius 3 is 1.56 bits per heavy atom. The van der Waals surface area contributed by atoms with Gasteiger partial charge in [-0.3, -0.25) is 10.6 Å². The van der Waals surface area contributed by atoms with Crippen LogP contribution in [0.5, 0.6) is 0 Å². The Bertz CT molecular complexity index is 427. The number of hydrogen-bond acceptors (Lipinski definition) is 7. The molecule has 0 radical (unpaired) electrons. The molecule has 0 rings (SSSR count). The van der Waals surface area contributed by atoms with Gasteiger partial charge < -0.3 is 24.4 Å². The van der Waals surface area contributed by atoms with Gasteiger partial charge in [0.2, 0.25) is 0 Å². The first-order valence-corrected chi connectivity index (χ1v) is 7.74. The summed E-state index contributed by atoms with van der Waals surface area (Å²) in [4.78, 5) is 23.2. The summed E-state index contributed by atoms with van der Waals surface area (Å²) in [6.45, 7) is 10.0. The molecule has 0 saturated carbocycles. The van der Waals surface area contributed by atoms with Crippen molar-refractivity contribution in [2.24, 2.45) is 11.8 Å². The minimum absolute atomic E-state index is 0.148. The molecule has 0 spiro atoms. The van der Waals surface area contributed by atoms with Gasteiger partial charge in [-0.05, 0) is 0 Å². The Kier molecular flexibility index (Phi) is 11.3. The number of carbonyl (C=O) groups is 2. The van der Waals surface area contributed by atoms with Gasteiger partial charge in [-0.25, -0.2) is 9.59 Å². The highest BCUT2D eigenvalue weighted by Gasteiger charge is 2.16. The minimum atomic E-state index is -0.748. The first-order chi connectivity index (χ1) is 11.7. The number of ether oxygens (including phenoxy) is 3. The van der Waals surface area contributed by atoms with Gasteiger partial charge >= 0.3 is 12.2 Å². The minimum Gasteiger partial charge on any atom is -0.446 e. The highest BCUT2D eigenvalue weighted by atomic mass is 16.6. The Morgan fingerprint density at radius 2 is 1.28 bits per heavy atom. The number of rotatable bonds is 11. The molecule has 144 valence electrons. The molecule has 4 N–H and O–H groups in total. The van der Waals surface area contributed by atoms with Gasteiger partial charge in [-0.15, -0.1) is 0 Å². The van der Waals surface area contributed by atoms with Crippen LogP contribution in [-0.4, -0.2) is 62.0 Å². The number of carbonyl (C=O) groups excluding carboxylic acids is 2. The summed E-state index contributed by atoms with van der Waals surface area (Å²) >= 11 is 0. The molecule has 0 bridgehead atoms. The third-order valence-corrected chi connectivity index (χ3v) is 3.40. The second kappa shape index (κ2) is 12.3. The lowest BCUT2D eigenvalue weighted by Gasteiger charge is -2.18. The van der Waals surface area contributed by atoms with Gasteiger partial charge in [0, 0.05) is 30.3 Å². The second-order valence-electron chi connectivity index (χ2n) is 5.52. The molecule has 0 fully saturated rings. The third-order valence-electron chi connectivity index (χ3n) is 3.40. The van der Waals surface area contributed by atoms with E-state index in [9.17, 15) is 9.59 Å². The van der Waals surface area contributed by atoms with Crippen LogP contribution in [-0.2, 0) is 14.2 Å². The van der Waals surface area contributed by atoms with Gasteiger partial charge in [-0.1, -0.05) is 27.0 Å². The van der Waals surface area contributed by atoms with E-state index in [1.807, 2.05) is 0 Å². The fourth-order valence-corrected chi connectivity index (χ4v) is 1.32. The summed E-state index contributed by atoms with van der Waals surface area (Å²) in [5, 5.41) is 22.7. The number of aliphatic hydroxyl groups is 2. The number of methoxy groups -OCH3 is 1. The van der Waals surface area contributed by atoms with Crippen LogP contribution in [0.3, 0.4) is 0 Å². The predicted octanol–water partition coefficient (Wildman–Crippen LogP) is 0.738. The number of nitrogens with one attached hydrogen (secondary N) is 2. The van der Waals surface area contributed by atoms with Crippen LogP contribution in [0.1, 0.15) is 13.8 Å². The van der Waals surface area contributed by atoms with E-state index in [2.05, 4.69) is 23.8 Å². The number of hydrogen-bond donors (Lipinski definition) is 4. The molecule has 0 aromatic carbocycles. The standard InChI is InChI=1S/C16H28N2O7/c1-10(6-19)12(3)17-15(21)24-8-14(23-5)9-25-16(22)18-13(4)11(2)7-20/h10-11,14,19-20H,3-4,6-9H2,1-2,5H3,(H,17,21)(H,18,22). The van der Waals surface area contributed by atoms with Crippen molar-refractivity contribution >= 4 is 12.2 Å². The summed E-state index contributed by atoms with van der Waals surface area (Å²) in [6.07, 6.45) is -2.16. The topological polar surface area (TPSA) is 126 Å². The maximum Gasteiger partial charge on any atom is 0.411 e. The van der Waals surface area contributed by atoms with E-state index in [0.29, 0.717) is 11.4 Å². The van der Waals surface area contributed by atoms with Crippen LogP contribution in [0.25, 0.3) is 0 Å². The molecule has 9 heteroatoms. The molecule has 9 nitrogen and oxygen atoms in total. The van der Waals surface area contributed by atoms with Crippen LogP contribution >= 0.6 is 0 Å². The highest BCUT2D eigenvalue weighted by Crippen LogP contribution is 2.05. The Balaban J connectivity index is 4.18. The average Bonchev–Trinajstić information content (AvgIpc) is 2.59. The van der Waals surface area contributed by atoms with Gasteiger partial charge in [0.25, 0.3) is 0 Å².